The Morgan fingerprint density at radius 2 is 1.37 bits per heavy atom. The molecule has 2 aromatic carbocycles. The van der Waals surface area contributed by atoms with Gasteiger partial charge in [-0.05, 0) is 190 Å². The fourth-order valence-electron chi connectivity index (χ4n) is 15.9. The fraction of sp³-hybridized carbons (Fsp3) is 0.695. The lowest BCUT2D eigenvalue weighted by Crippen LogP contribution is -2.61. The number of para-hydroxylation sites is 1. The molecule has 0 spiro atoms. The predicted octanol–water partition coefficient (Wildman–Crippen LogP) is 9.64. The second-order valence-corrected chi connectivity index (χ2v) is 27.9. The number of rotatable bonds is 25. The second-order valence-electron chi connectivity index (χ2n) is 26.4. The summed E-state index contributed by atoms with van der Waals surface area (Å²) < 4.78 is 114. The van der Waals surface area contributed by atoms with Crippen molar-refractivity contribution in [2.45, 2.75) is 179 Å². The number of ether oxygens (including phenoxy) is 7. The van der Waals surface area contributed by atoms with Crippen molar-refractivity contribution < 1.29 is 93.0 Å². The zero-order valence-corrected chi connectivity index (χ0v) is 48.5. The van der Waals surface area contributed by atoms with Gasteiger partial charge in [0.1, 0.15) is 24.6 Å². The van der Waals surface area contributed by atoms with Crippen LogP contribution in [-0.4, -0.2) is 110 Å². The molecule has 8 saturated carbocycles. The van der Waals surface area contributed by atoms with E-state index in [1.54, 1.807) is 41.5 Å². The Morgan fingerprint density at radius 1 is 0.771 bits per heavy atom. The van der Waals surface area contributed by atoms with E-state index in [9.17, 15) is 56.0 Å². The molecule has 2 aromatic rings. The first-order chi connectivity index (χ1) is 38.8. The summed E-state index contributed by atoms with van der Waals surface area (Å²) in [5.74, 6) is -1.32. The number of carbonyl (C=O) groups excluding carboxylic acids is 5. The van der Waals surface area contributed by atoms with Crippen LogP contribution < -0.4 is 4.74 Å². The highest BCUT2D eigenvalue weighted by molar-refractivity contribution is 7.86. The van der Waals surface area contributed by atoms with Gasteiger partial charge in [0.2, 0.25) is 6.10 Å². The number of hydrogen-bond donors (Lipinski definition) is 1. The maximum absolute atomic E-state index is 15.4. The number of cyclic esters (lactones) is 1. The first-order valence-electron chi connectivity index (χ1n) is 28.7. The van der Waals surface area contributed by atoms with E-state index >= 15 is 4.79 Å². The highest BCUT2D eigenvalue weighted by atomic mass is 32.2. The van der Waals surface area contributed by atoms with E-state index in [1.807, 2.05) is 0 Å². The van der Waals surface area contributed by atoms with Gasteiger partial charge in [0, 0.05) is 24.5 Å². The minimum Gasteiger partial charge on any atom is -0.490 e. The molecular weight excluding hydrogens is 1110 g/mol. The number of nitro benzene ring substituents is 1. The van der Waals surface area contributed by atoms with Crippen LogP contribution >= 0.6 is 0 Å². The second kappa shape index (κ2) is 23.2. The van der Waals surface area contributed by atoms with Crippen LogP contribution in [0.3, 0.4) is 0 Å². The summed E-state index contributed by atoms with van der Waals surface area (Å²) in [5, 5.41) is 25.9. The van der Waals surface area contributed by atoms with Crippen molar-refractivity contribution in [3.8, 4) is 5.75 Å². The van der Waals surface area contributed by atoms with Gasteiger partial charge in [0.15, 0.2) is 17.4 Å². The third-order valence-electron chi connectivity index (χ3n) is 18.8. The Balaban J connectivity index is 0.909. The summed E-state index contributed by atoms with van der Waals surface area (Å²) >= 11 is 0. The average Bonchev–Trinajstić information content (AvgIpc) is 3.81. The average molecular weight is 1190 g/mol. The number of nitro groups is 1. The molecule has 8 bridgehead atoms. The number of alkyl halides is 3. The number of halogens is 3. The monoisotopic (exact) mass is 1190 g/mol. The molecule has 1 heterocycles. The summed E-state index contributed by atoms with van der Waals surface area (Å²) in [6, 6.07) is 7.94. The summed E-state index contributed by atoms with van der Waals surface area (Å²) in [7, 11) is -5.18. The van der Waals surface area contributed by atoms with E-state index in [0.29, 0.717) is 49.4 Å². The first-order valence-corrected chi connectivity index (χ1v) is 30.1. The third kappa shape index (κ3) is 13.5. The zero-order valence-electron chi connectivity index (χ0n) is 47.7. The summed E-state index contributed by atoms with van der Waals surface area (Å²) in [6.45, 7) is 8.72. The summed E-state index contributed by atoms with van der Waals surface area (Å²) in [4.78, 5) is 81.1. The fourth-order valence-corrected chi connectivity index (χ4v) is 16.7. The zero-order chi connectivity index (χ0) is 60.1. The molecule has 8 aliphatic carbocycles. The topological polar surface area (TPSA) is 269 Å². The molecule has 24 heteroatoms. The van der Waals surface area contributed by atoms with Crippen molar-refractivity contribution in [1.82, 2.24) is 0 Å². The van der Waals surface area contributed by atoms with Gasteiger partial charge in [-0.25, -0.2) is 4.79 Å². The van der Waals surface area contributed by atoms with Crippen molar-refractivity contribution in [2.24, 2.45) is 62.3 Å². The Kier molecular flexibility index (Phi) is 17.2. The molecule has 1 aliphatic heterocycles. The lowest BCUT2D eigenvalue weighted by atomic mass is 9.52. The minimum atomic E-state index is -5.26. The molecule has 0 aromatic heterocycles. The van der Waals surface area contributed by atoms with Crippen LogP contribution in [0.2, 0.25) is 0 Å². The van der Waals surface area contributed by atoms with E-state index in [-0.39, 0.29) is 88.8 Å². The van der Waals surface area contributed by atoms with Gasteiger partial charge in [-0.2, -0.15) is 21.6 Å². The molecule has 20 nitrogen and oxygen atoms in total. The van der Waals surface area contributed by atoms with Gasteiger partial charge >= 0.3 is 46.1 Å². The molecular formula is C59H75F3N2O18S. The quantitative estimate of drug-likeness (QED) is 0.0184. The van der Waals surface area contributed by atoms with Crippen molar-refractivity contribution in [3.63, 3.8) is 0 Å². The molecule has 0 radical (unpaired) electrons. The highest BCUT2D eigenvalue weighted by Gasteiger charge is 2.62. The van der Waals surface area contributed by atoms with Crippen LogP contribution in [-0.2, 0) is 66.8 Å². The molecule has 1 saturated heterocycles. The Labute approximate surface area is 480 Å². The van der Waals surface area contributed by atoms with E-state index in [2.05, 4.69) is 9.44 Å². The Hall–Kier alpha value is -5.88. The first kappa shape index (κ1) is 61.7. The molecule has 6 atom stereocenters. The summed E-state index contributed by atoms with van der Waals surface area (Å²) in [6.07, 6.45) is 1.79. The molecule has 6 unspecified atom stereocenters. The van der Waals surface area contributed by atoms with E-state index in [1.165, 1.54) is 6.42 Å². The van der Waals surface area contributed by atoms with Crippen molar-refractivity contribution in [2.75, 3.05) is 26.6 Å². The number of aliphatic hydroxyl groups is 1. The number of hydrogen-bond acceptors (Lipinski definition) is 19. The molecule has 1 N–H and O–H groups in total. The SMILES string of the molecule is CCC(C)(CC(C)(CC(C)(CC(C)(C)C(=O)OCOC1C2CC3CC(C2)CC1C3)C(=O)OC1CCOC1=O)C(=O)OC12CC3CC(CC(O)(C3)C1)C2)C(=O)OCCOc1ccc(/C(=N\OS(=O)(=O)c2ccccc2[N+](=O)[O-])C(F)(F)F)cc1. The van der Waals surface area contributed by atoms with Gasteiger partial charge in [0.05, 0.1) is 44.9 Å². The minimum absolute atomic E-state index is 0.00164. The van der Waals surface area contributed by atoms with Crippen molar-refractivity contribution in [3.05, 3.63) is 64.2 Å². The van der Waals surface area contributed by atoms with Crippen LogP contribution in [0.1, 0.15) is 150 Å². The van der Waals surface area contributed by atoms with E-state index in [0.717, 1.165) is 80.6 Å². The molecule has 0 amide bonds. The van der Waals surface area contributed by atoms with Gasteiger partial charge in [-0.15, -0.1) is 0 Å². The number of carbonyl (C=O) groups is 5. The standard InChI is InChI=1S/C59H75F3N2O18S/c1-7-54(4,50(67)77-19-18-75-42-14-12-39(13-15-42)47(59(60,61)62)63-82-83(73,74)45-11-9-8-10-43(45)64(71)72)31-56(6,52(69)81-58-28-37-21-38(29-58)27-57(70,26-37)33-58)32-55(5,51(68)80-44-16-17-76-48(44)65)30-53(2,3)49(66)79-34-78-46-40-22-35-20-36(24-40)25-41(46)23-35/h8-15,35-38,40-41,44,46,70H,7,16-34H2,1-6H3/b63-47+. The molecule has 11 rings (SSSR count). The van der Waals surface area contributed by atoms with Crippen LogP contribution in [0.4, 0.5) is 18.9 Å². The normalized spacial score (nSPS) is 30.3. The number of nitrogens with zero attached hydrogens (tertiary/aromatic N) is 2. The van der Waals surface area contributed by atoms with Crippen LogP contribution in [0.15, 0.2) is 58.6 Å². The largest absolute Gasteiger partial charge is 0.490 e. The molecule has 83 heavy (non-hydrogen) atoms. The number of benzene rings is 2. The maximum atomic E-state index is 15.4. The molecule has 456 valence electrons. The van der Waals surface area contributed by atoms with Gasteiger partial charge < -0.3 is 38.3 Å². The Morgan fingerprint density at radius 3 is 1.95 bits per heavy atom. The lowest BCUT2D eigenvalue weighted by Gasteiger charge is -2.59. The van der Waals surface area contributed by atoms with Gasteiger partial charge in [-0.1, -0.05) is 24.2 Å². The molecule has 9 fully saturated rings. The van der Waals surface area contributed by atoms with Crippen molar-refractivity contribution in [1.29, 1.82) is 0 Å². The van der Waals surface area contributed by atoms with Gasteiger partial charge in [-0.3, -0.25) is 33.6 Å². The maximum Gasteiger partial charge on any atom is 0.437 e. The van der Waals surface area contributed by atoms with E-state index in [4.69, 9.17) is 33.2 Å². The number of oxime groups is 1. The lowest BCUT2D eigenvalue weighted by molar-refractivity contribution is -0.387. The predicted molar refractivity (Wildman–Crippen MR) is 286 cm³/mol. The smallest absolute Gasteiger partial charge is 0.437 e. The molecule has 9 aliphatic rings. The van der Waals surface area contributed by atoms with Crippen molar-refractivity contribution >= 4 is 51.4 Å². The third-order valence-corrected chi connectivity index (χ3v) is 19.9. The number of esters is 5. The van der Waals surface area contributed by atoms with Gasteiger partial charge in [0.25, 0.3) is 5.69 Å². The van der Waals surface area contributed by atoms with E-state index < -0.39 is 112 Å². The van der Waals surface area contributed by atoms with Crippen LogP contribution in [0.25, 0.3) is 0 Å². The highest BCUT2D eigenvalue weighted by Crippen LogP contribution is 2.60. The summed E-state index contributed by atoms with van der Waals surface area (Å²) in [5.41, 5.74) is -11.8. The Bertz CT molecular complexity index is 2930. The van der Waals surface area contributed by atoms with Crippen LogP contribution in [0, 0.1) is 67.3 Å². The van der Waals surface area contributed by atoms with Crippen LogP contribution in [0.5, 0.6) is 5.75 Å².